The highest BCUT2D eigenvalue weighted by molar-refractivity contribution is 5.99. The Morgan fingerprint density at radius 3 is 2.12 bits per heavy atom. The summed E-state index contributed by atoms with van der Waals surface area (Å²) in [4.78, 5) is 21.7. The summed E-state index contributed by atoms with van der Waals surface area (Å²) in [5, 5.41) is 36.3. The van der Waals surface area contributed by atoms with Gasteiger partial charge in [0.25, 0.3) is 0 Å². The van der Waals surface area contributed by atoms with Gasteiger partial charge in [0.05, 0.1) is 5.56 Å². The minimum Gasteiger partial charge on any atom is -0.504 e. The fraction of sp³-hybridized carbons (Fsp3) is 0.200. The van der Waals surface area contributed by atoms with Gasteiger partial charge in [-0.2, -0.15) is 0 Å². The topological polar surface area (TPSA) is 115 Å². The smallest absolute Gasteiger partial charge is 0.339 e. The van der Waals surface area contributed by atoms with Crippen LogP contribution < -0.4 is 0 Å². The van der Waals surface area contributed by atoms with E-state index in [9.17, 15) is 19.8 Å². The average molecular weight is 226 g/mol. The van der Waals surface area contributed by atoms with Crippen LogP contribution in [0.2, 0.25) is 0 Å². The van der Waals surface area contributed by atoms with Crippen LogP contribution in [0.25, 0.3) is 0 Å². The predicted molar refractivity (Wildman–Crippen MR) is 53.1 cm³/mol. The van der Waals surface area contributed by atoms with Gasteiger partial charge in [0, 0.05) is 0 Å². The Bertz CT molecular complexity index is 463. The number of hydrogen-bond acceptors (Lipinski definition) is 4. The lowest BCUT2D eigenvalue weighted by Gasteiger charge is -2.11. The van der Waals surface area contributed by atoms with Crippen LogP contribution in [0.15, 0.2) is 6.07 Å². The molecule has 1 aromatic carbocycles. The SMILES string of the molecule is CCc1c(C(=O)O)cc(O)c(O)c1C(=O)O. The predicted octanol–water partition coefficient (Wildman–Crippen LogP) is 1.06. The summed E-state index contributed by atoms with van der Waals surface area (Å²) in [6.07, 6.45) is 0.122. The minimum absolute atomic E-state index is 0.0182. The second kappa shape index (κ2) is 4.09. The zero-order chi connectivity index (χ0) is 12.5. The highest BCUT2D eigenvalue weighted by atomic mass is 16.4. The first-order chi connectivity index (χ1) is 7.40. The van der Waals surface area contributed by atoms with Crippen molar-refractivity contribution in [2.75, 3.05) is 0 Å². The molecule has 4 N–H and O–H groups in total. The number of hydrogen-bond donors (Lipinski definition) is 4. The van der Waals surface area contributed by atoms with Crippen LogP contribution >= 0.6 is 0 Å². The first kappa shape index (κ1) is 11.8. The Hall–Kier alpha value is -2.24. The van der Waals surface area contributed by atoms with E-state index in [1.807, 2.05) is 0 Å². The maximum absolute atomic E-state index is 10.9. The molecule has 1 rings (SSSR count). The van der Waals surface area contributed by atoms with Crippen molar-refractivity contribution in [2.24, 2.45) is 0 Å². The quantitative estimate of drug-likeness (QED) is 0.573. The molecule has 0 unspecified atom stereocenters. The number of aromatic hydroxyl groups is 2. The summed E-state index contributed by atoms with van der Waals surface area (Å²) in [7, 11) is 0. The van der Waals surface area contributed by atoms with E-state index in [4.69, 9.17) is 10.2 Å². The van der Waals surface area contributed by atoms with E-state index < -0.39 is 29.0 Å². The third kappa shape index (κ3) is 1.77. The molecule has 0 spiro atoms. The normalized spacial score (nSPS) is 10.1. The van der Waals surface area contributed by atoms with Crippen LogP contribution in [0.4, 0.5) is 0 Å². The van der Waals surface area contributed by atoms with Gasteiger partial charge in [0.15, 0.2) is 11.5 Å². The van der Waals surface area contributed by atoms with Crippen LogP contribution in [0.1, 0.15) is 33.2 Å². The number of benzene rings is 1. The van der Waals surface area contributed by atoms with Gasteiger partial charge in [-0.3, -0.25) is 0 Å². The fourth-order valence-electron chi connectivity index (χ4n) is 1.49. The molecule has 0 bridgehead atoms. The average Bonchev–Trinajstić information content (AvgIpc) is 2.20. The van der Waals surface area contributed by atoms with Crippen molar-refractivity contribution in [1.29, 1.82) is 0 Å². The van der Waals surface area contributed by atoms with Crippen molar-refractivity contribution in [3.63, 3.8) is 0 Å². The molecule has 0 amide bonds. The number of phenolic OH excluding ortho intramolecular Hbond substituents is 1. The molecule has 0 radical (unpaired) electrons. The molecule has 0 saturated heterocycles. The first-order valence-corrected chi connectivity index (χ1v) is 4.44. The van der Waals surface area contributed by atoms with E-state index in [1.54, 1.807) is 6.92 Å². The number of phenols is 2. The highest BCUT2D eigenvalue weighted by Crippen LogP contribution is 2.34. The third-order valence-electron chi connectivity index (χ3n) is 2.19. The van der Waals surface area contributed by atoms with E-state index in [2.05, 4.69) is 0 Å². The second-order valence-electron chi connectivity index (χ2n) is 3.11. The molecule has 0 saturated carbocycles. The van der Waals surface area contributed by atoms with Crippen LogP contribution in [-0.2, 0) is 6.42 Å². The molecule has 0 heterocycles. The van der Waals surface area contributed by atoms with E-state index in [0.717, 1.165) is 6.07 Å². The number of aromatic carboxylic acids is 2. The van der Waals surface area contributed by atoms with Gasteiger partial charge in [0.1, 0.15) is 5.56 Å². The molecule has 0 aromatic heterocycles. The van der Waals surface area contributed by atoms with Gasteiger partial charge in [-0.1, -0.05) is 6.92 Å². The van der Waals surface area contributed by atoms with Crippen molar-refractivity contribution in [3.05, 3.63) is 22.8 Å². The summed E-state index contributed by atoms with van der Waals surface area (Å²) in [6, 6.07) is 0.836. The Morgan fingerprint density at radius 1 is 1.19 bits per heavy atom. The maximum Gasteiger partial charge on any atom is 0.339 e. The summed E-state index contributed by atoms with van der Waals surface area (Å²) in [5.74, 6) is -4.40. The van der Waals surface area contributed by atoms with Gasteiger partial charge in [-0.05, 0) is 18.1 Å². The maximum atomic E-state index is 10.9. The molecule has 6 nitrogen and oxygen atoms in total. The molecule has 86 valence electrons. The fourth-order valence-corrected chi connectivity index (χ4v) is 1.49. The molecule has 6 heteroatoms. The number of carbonyl (C=O) groups is 2. The largest absolute Gasteiger partial charge is 0.504 e. The minimum atomic E-state index is -1.48. The molecule has 1 aromatic rings. The van der Waals surface area contributed by atoms with Crippen molar-refractivity contribution in [2.45, 2.75) is 13.3 Å². The molecule has 16 heavy (non-hydrogen) atoms. The molecular formula is C10H10O6. The third-order valence-corrected chi connectivity index (χ3v) is 2.19. The van der Waals surface area contributed by atoms with Crippen LogP contribution in [0.5, 0.6) is 11.5 Å². The van der Waals surface area contributed by atoms with E-state index in [1.165, 1.54) is 0 Å². The molecular weight excluding hydrogens is 216 g/mol. The van der Waals surface area contributed by atoms with Crippen LogP contribution in [-0.4, -0.2) is 32.4 Å². The molecule has 0 aliphatic carbocycles. The molecule has 0 atom stereocenters. The Labute approximate surface area is 90.4 Å². The first-order valence-electron chi connectivity index (χ1n) is 4.44. The van der Waals surface area contributed by atoms with Gasteiger partial charge in [0.2, 0.25) is 0 Å². The van der Waals surface area contributed by atoms with E-state index in [0.29, 0.717) is 0 Å². The van der Waals surface area contributed by atoms with Gasteiger partial charge in [-0.25, -0.2) is 9.59 Å². The lowest BCUT2D eigenvalue weighted by molar-refractivity contribution is 0.0691. The highest BCUT2D eigenvalue weighted by Gasteiger charge is 2.24. The summed E-state index contributed by atoms with van der Waals surface area (Å²) < 4.78 is 0. The van der Waals surface area contributed by atoms with Crippen LogP contribution in [0.3, 0.4) is 0 Å². The lowest BCUT2D eigenvalue weighted by atomic mass is 9.97. The van der Waals surface area contributed by atoms with Gasteiger partial charge < -0.3 is 20.4 Å². The zero-order valence-corrected chi connectivity index (χ0v) is 8.39. The van der Waals surface area contributed by atoms with Crippen LogP contribution in [0, 0.1) is 0 Å². The van der Waals surface area contributed by atoms with E-state index in [-0.39, 0.29) is 17.5 Å². The molecule has 0 aliphatic rings. The Balaban J connectivity index is 3.68. The number of rotatable bonds is 3. The molecule has 0 aliphatic heterocycles. The van der Waals surface area contributed by atoms with Crippen molar-refractivity contribution < 1.29 is 30.0 Å². The second-order valence-corrected chi connectivity index (χ2v) is 3.11. The van der Waals surface area contributed by atoms with Crippen molar-refractivity contribution in [1.82, 2.24) is 0 Å². The number of carboxylic acids is 2. The zero-order valence-electron chi connectivity index (χ0n) is 8.39. The summed E-state index contributed by atoms with van der Waals surface area (Å²) in [5.41, 5.74) is -0.912. The summed E-state index contributed by atoms with van der Waals surface area (Å²) in [6.45, 7) is 1.56. The lowest BCUT2D eigenvalue weighted by Crippen LogP contribution is -2.09. The monoisotopic (exact) mass is 226 g/mol. The van der Waals surface area contributed by atoms with E-state index >= 15 is 0 Å². The Kier molecular flexibility index (Phi) is 3.03. The summed E-state index contributed by atoms with van der Waals surface area (Å²) >= 11 is 0. The van der Waals surface area contributed by atoms with Crippen molar-refractivity contribution in [3.8, 4) is 11.5 Å². The standard InChI is InChI=1S/C10H10O6/c1-2-4-5(9(13)14)3-6(11)8(12)7(4)10(15)16/h3,11-12H,2H2,1H3,(H,13,14)(H,15,16). The van der Waals surface area contributed by atoms with Gasteiger partial charge >= 0.3 is 11.9 Å². The van der Waals surface area contributed by atoms with Gasteiger partial charge in [-0.15, -0.1) is 0 Å². The Morgan fingerprint density at radius 2 is 1.75 bits per heavy atom. The van der Waals surface area contributed by atoms with Crippen molar-refractivity contribution >= 4 is 11.9 Å². The number of carboxylic acid groups (broad SMARTS) is 2. The molecule has 0 fully saturated rings.